The third kappa shape index (κ3) is 5.06. The van der Waals surface area contributed by atoms with Crippen LogP contribution in [0.2, 0.25) is 0 Å². The van der Waals surface area contributed by atoms with E-state index in [4.69, 9.17) is 9.47 Å². The second-order valence-corrected chi connectivity index (χ2v) is 5.66. The van der Waals surface area contributed by atoms with Crippen LogP contribution in [0.5, 0.6) is 5.75 Å². The van der Waals surface area contributed by atoms with Crippen LogP contribution in [-0.2, 0) is 11.3 Å². The van der Waals surface area contributed by atoms with Crippen molar-refractivity contribution in [2.75, 3.05) is 25.6 Å². The molecular weight excluding hydrogens is 330 g/mol. The van der Waals surface area contributed by atoms with Crippen LogP contribution in [0.15, 0.2) is 46.9 Å². The second kappa shape index (κ2) is 8.05. The molecule has 0 fully saturated rings. The van der Waals surface area contributed by atoms with E-state index in [9.17, 15) is 0 Å². The van der Waals surface area contributed by atoms with Gasteiger partial charge in [0.2, 0.25) is 0 Å². The van der Waals surface area contributed by atoms with Gasteiger partial charge in [0.25, 0.3) is 0 Å². The fraction of sp³-hybridized carbons (Fsp3) is 0.294. The number of halogens is 1. The molecule has 0 aromatic heterocycles. The first kappa shape index (κ1) is 15.9. The van der Waals surface area contributed by atoms with Crippen LogP contribution in [0.4, 0.5) is 5.69 Å². The van der Waals surface area contributed by atoms with Crippen molar-refractivity contribution < 1.29 is 9.47 Å². The van der Waals surface area contributed by atoms with E-state index in [0.717, 1.165) is 22.5 Å². The second-order valence-electron chi connectivity index (χ2n) is 4.80. The topological polar surface area (TPSA) is 30.5 Å². The highest BCUT2D eigenvalue weighted by Gasteiger charge is 1.99. The summed E-state index contributed by atoms with van der Waals surface area (Å²) in [5.74, 6) is 0.857. The maximum atomic E-state index is 5.53. The standard InChI is InChI=1S/C17H20BrNO2/c1-13-3-4-14(11-17(13)18)12-19-15-5-7-16(8-6-15)21-10-9-20-2/h3-8,11,19H,9-10,12H2,1-2H3. The molecule has 0 aliphatic carbocycles. The Labute approximate surface area is 134 Å². The monoisotopic (exact) mass is 349 g/mol. The van der Waals surface area contributed by atoms with E-state index >= 15 is 0 Å². The average molecular weight is 350 g/mol. The third-order valence-corrected chi connectivity index (χ3v) is 4.00. The van der Waals surface area contributed by atoms with Gasteiger partial charge in [0.1, 0.15) is 12.4 Å². The molecule has 0 spiro atoms. The number of anilines is 1. The van der Waals surface area contributed by atoms with Gasteiger partial charge >= 0.3 is 0 Å². The molecule has 1 N–H and O–H groups in total. The average Bonchev–Trinajstić information content (AvgIpc) is 2.50. The molecule has 0 atom stereocenters. The van der Waals surface area contributed by atoms with Crippen molar-refractivity contribution in [2.45, 2.75) is 13.5 Å². The third-order valence-electron chi connectivity index (χ3n) is 3.14. The Bertz CT molecular complexity index is 570. The van der Waals surface area contributed by atoms with Crippen molar-refractivity contribution in [3.63, 3.8) is 0 Å². The zero-order chi connectivity index (χ0) is 15.1. The number of nitrogens with one attached hydrogen (secondary N) is 1. The van der Waals surface area contributed by atoms with Gasteiger partial charge in [-0.25, -0.2) is 0 Å². The molecule has 2 aromatic carbocycles. The molecule has 4 heteroatoms. The van der Waals surface area contributed by atoms with E-state index in [1.807, 2.05) is 24.3 Å². The van der Waals surface area contributed by atoms with Gasteiger partial charge in [-0.1, -0.05) is 28.1 Å². The highest BCUT2D eigenvalue weighted by atomic mass is 79.9. The van der Waals surface area contributed by atoms with Gasteiger partial charge < -0.3 is 14.8 Å². The lowest BCUT2D eigenvalue weighted by molar-refractivity contribution is 0.146. The zero-order valence-corrected chi connectivity index (χ0v) is 13.9. The summed E-state index contributed by atoms with van der Waals surface area (Å²) in [6.07, 6.45) is 0. The lowest BCUT2D eigenvalue weighted by atomic mass is 10.1. The predicted molar refractivity (Wildman–Crippen MR) is 90.0 cm³/mol. The Morgan fingerprint density at radius 1 is 1.05 bits per heavy atom. The number of hydrogen-bond acceptors (Lipinski definition) is 3. The summed E-state index contributed by atoms with van der Waals surface area (Å²) in [5, 5.41) is 3.40. The Morgan fingerprint density at radius 2 is 1.81 bits per heavy atom. The smallest absolute Gasteiger partial charge is 0.119 e. The first-order valence-corrected chi connectivity index (χ1v) is 7.69. The van der Waals surface area contributed by atoms with Crippen LogP contribution in [0.3, 0.4) is 0 Å². The molecule has 112 valence electrons. The maximum absolute atomic E-state index is 5.53. The molecule has 0 saturated heterocycles. The quantitative estimate of drug-likeness (QED) is 0.751. The van der Waals surface area contributed by atoms with Crippen LogP contribution in [0, 0.1) is 6.92 Å². The van der Waals surface area contributed by atoms with E-state index in [-0.39, 0.29) is 0 Å². The minimum atomic E-state index is 0.570. The first-order valence-electron chi connectivity index (χ1n) is 6.90. The summed E-state index contributed by atoms with van der Waals surface area (Å²) in [7, 11) is 1.67. The Kier molecular flexibility index (Phi) is 6.08. The SMILES string of the molecule is COCCOc1ccc(NCc2ccc(C)c(Br)c2)cc1. The number of aryl methyl sites for hydroxylation is 1. The molecule has 0 aliphatic heterocycles. The molecule has 0 bridgehead atoms. The molecule has 2 rings (SSSR count). The number of ether oxygens (including phenoxy) is 2. The van der Waals surface area contributed by atoms with Crippen molar-refractivity contribution >= 4 is 21.6 Å². The maximum Gasteiger partial charge on any atom is 0.119 e. The van der Waals surface area contributed by atoms with E-state index in [1.165, 1.54) is 11.1 Å². The van der Waals surface area contributed by atoms with Gasteiger partial charge in [-0.15, -0.1) is 0 Å². The van der Waals surface area contributed by atoms with Crippen molar-refractivity contribution in [3.05, 3.63) is 58.1 Å². The van der Waals surface area contributed by atoms with Crippen LogP contribution >= 0.6 is 15.9 Å². The highest BCUT2D eigenvalue weighted by Crippen LogP contribution is 2.19. The van der Waals surface area contributed by atoms with Crippen molar-refractivity contribution in [1.82, 2.24) is 0 Å². The van der Waals surface area contributed by atoms with Gasteiger partial charge in [-0.3, -0.25) is 0 Å². The van der Waals surface area contributed by atoms with E-state index in [1.54, 1.807) is 7.11 Å². The zero-order valence-electron chi connectivity index (χ0n) is 12.4. The Balaban J connectivity index is 1.86. The lowest BCUT2D eigenvalue weighted by Crippen LogP contribution is -2.04. The number of methoxy groups -OCH3 is 1. The molecule has 0 aliphatic rings. The van der Waals surface area contributed by atoms with Crippen LogP contribution in [0.1, 0.15) is 11.1 Å². The highest BCUT2D eigenvalue weighted by molar-refractivity contribution is 9.10. The predicted octanol–water partition coefficient (Wildman–Crippen LogP) is 4.39. The molecule has 21 heavy (non-hydrogen) atoms. The van der Waals surface area contributed by atoms with Gasteiger partial charge in [0, 0.05) is 23.8 Å². The molecule has 2 aromatic rings. The molecule has 0 amide bonds. The normalized spacial score (nSPS) is 10.4. The Morgan fingerprint density at radius 3 is 2.48 bits per heavy atom. The summed E-state index contributed by atoms with van der Waals surface area (Å²) in [4.78, 5) is 0. The molecule has 0 heterocycles. The van der Waals surface area contributed by atoms with Crippen molar-refractivity contribution in [2.24, 2.45) is 0 Å². The summed E-state index contributed by atoms with van der Waals surface area (Å²) < 4.78 is 11.6. The van der Waals surface area contributed by atoms with Crippen LogP contribution in [-0.4, -0.2) is 20.3 Å². The molecule has 0 saturated carbocycles. The summed E-state index contributed by atoms with van der Waals surface area (Å²) in [6.45, 7) is 4.05. The number of benzene rings is 2. The van der Waals surface area contributed by atoms with E-state index in [0.29, 0.717) is 13.2 Å². The number of rotatable bonds is 7. The van der Waals surface area contributed by atoms with Crippen LogP contribution < -0.4 is 10.1 Å². The molecule has 0 unspecified atom stereocenters. The van der Waals surface area contributed by atoms with Gasteiger partial charge in [0.15, 0.2) is 0 Å². The van der Waals surface area contributed by atoms with Crippen molar-refractivity contribution in [1.29, 1.82) is 0 Å². The van der Waals surface area contributed by atoms with Crippen molar-refractivity contribution in [3.8, 4) is 5.75 Å². The first-order chi connectivity index (χ1) is 10.2. The van der Waals surface area contributed by atoms with Gasteiger partial charge in [-0.2, -0.15) is 0 Å². The Hall–Kier alpha value is -1.52. The molecule has 0 radical (unpaired) electrons. The molecule has 3 nitrogen and oxygen atoms in total. The van der Waals surface area contributed by atoms with E-state index in [2.05, 4.69) is 46.4 Å². The van der Waals surface area contributed by atoms with Gasteiger partial charge in [-0.05, 0) is 48.4 Å². The van der Waals surface area contributed by atoms with E-state index < -0.39 is 0 Å². The number of hydrogen-bond donors (Lipinski definition) is 1. The molecular formula is C17H20BrNO2. The largest absolute Gasteiger partial charge is 0.491 e. The summed E-state index contributed by atoms with van der Waals surface area (Å²) >= 11 is 3.56. The summed E-state index contributed by atoms with van der Waals surface area (Å²) in [6, 6.07) is 14.4. The fourth-order valence-corrected chi connectivity index (χ4v) is 2.29. The lowest BCUT2D eigenvalue weighted by Gasteiger charge is -2.09. The minimum absolute atomic E-state index is 0.570. The fourth-order valence-electron chi connectivity index (χ4n) is 1.86. The summed E-state index contributed by atoms with van der Waals surface area (Å²) in [5.41, 5.74) is 3.56. The van der Waals surface area contributed by atoms with Crippen LogP contribution in [0.25, 0.3) is 0 Å². The van der Waals surface area contributed by atoms with Gasteiger partial charge in [0.05, 0.1) is 6.61 Å². The minimum Gasteiger partial charge on any atom is -0.491 e.